The second-order valence-electron chi connectivity index (χ2n) is 5.05. The zero-order valence-corrected chi connectivity index (χ0v) is 13.0. The lowest BCUT2D eigenvalue weighted by atomic mass is 10.3. The SMILES string of the molecule is CC(=O)CN(CCN(CCNCC(=O)O)CC(=O)O)CC(=O)O. The minimum absolute atomic E-state index is 0.0233. The lowest BCUT2D eigenvalue weighted by molar-refractivity contribution is -0.140. The summed E-state index contributed by atoms with van der Waals surface area (Å²) in [6.45, 7) is 1.58. The lowest BCUT2D eigenvalue weighted by Gasteiger charge is -2.25. The summed E-state index contributed by atoms with van der Waals surface area (Å²) in [6.07, 6.45) is 0. The molecule has 0 unspecified atom stereocenters. The molecule has 0 saturated carbocycles. The number of carboxylic acid groups (broad SMARTS) is 3. The number of carboxylic acids is 3. The first-order valence-corrected chi connectivity index (χ1v) is 7.01. The van der Waals surface area contributed by atoms with Gasteiger partial charge >= 0.3 is 17.9 Å². The molecule has 0 aliphatic carbocycles. The van der Waals surface area contributed by atoms with Crippen LogP contribution in [0.3, 0.4) is 0 Å². The Morgan fingerprint density at radius 3 is 1.78 bits per heavy atom. The molecule has 132 valence electrons. The molecule has 0 amide bonds. The van der Waals surface area contributed by atoms with Gasteiger partial charge in [0.15, 0.2) is 0 Å². The molecule has 0 fully saturated rings. The number of rotatable bonds is 14. The third-order valence-electron chi connectivity index (χ3n) is 2.78. The fourth-order valence-corrected chi connectivity index (χ4v) is 1.90. The maximum atomic E-state index is 11.1. The molecule has 4 N–H and O–H groups in total. The van der Waals surface area contributed by atoms with Crippen LogP contribution in [0.25, 0.3) is 0 Å². The van der Waals surface area contributed by atoms with Gasteiger partial charge in [-0.25, -0.2) is 0 Å². The van der Waals surface area contributed by atoms with Gasteiger partial charge in [-0.3, -0.25) is 29.0 Å². The van der Waals surface area contributed by atoms with Crippen molar-refractivity contribution in [3.05, 3.63) is 0 Å². The van der Waals surface area contributed by atoms with Crippen LogP contribution in [0.2, 0.25) is 0 Å². The van der Waals surface area contributed by atoms with E-state index in [-0.39, 0.29) is 51.6 Å². The van der Waals surface area contributed by atoms with Crippen LogP contribution in [-0.2, 0) is 19.2 Å². The van der Waals surface area contributed by atoms with Gasteiger partial charge in [-0.1, -0.05) is 0 Å². The van der Waals surface area contributed by atoms with E-state index < -0.39 is 17.9 Å². The number of carbonyl (C=O) groups is 4. The van der Waals surface area contributed by atoms with E-state index in [4.69, 9.17) is 15.3 Å². The zero-order chi connectivity index (χ0) is 17.8. The molecule has 0 saturated heterocycles. The van der Waals surface area contributed by atoms with Crippen LogP contribution in [-0.4, -0.2) is 101 Å². The first-order valence-electron chi connectivity index (χ1n) is 7.01. The maximum Gasteiger partial charge on any atom is 0.317 e. The molecule has 0 bridgehead atoms. The van der Waals surface area contributed by atoms with Crippen LogP contribution in [0.1, 0.15) is 6.92 Å². The average molecular weight is 333 g/mol. The zero-order valence-electron chi connectivity index (χ0n) is 13.0. The summed E-state index contributed by atoms with van der Waals surface area (Å²) in [5, 5.41) is 28.8. The van der Waals surface area contributed by atoms with Crippen LogP contribution in [0.4, 0.5) is 0 Å². The Labute approximate surface area is 133 Å². The molecule has 0 radical (unpaired) electrons. The highest BCUT2D eigenvalue weighted by Gasteiger charge is 2.15. The lowest BCUT2D eigenvalue weighted by Crippen LogP contribution is -2.43. The third kappa shape index (κ3) is 13.4. The summed E-state index contributed by atoms with van der Waals surface area (Å²) in [7, 11) is 0. The highest BCUT2D eigenvalue weighted by molar-refractivity contribution is 5.78. The van der Waals surface area contributed by atoms with Gasteiger partial charge in [-0.15, -0.1) is 0 Å². The smallest absolute Gasteiger partial charge is 0.317 e. The Morgan fingerprint density at radius 2 is 1.30 bits per heavy atom. The van der Waals surface area contributed by atoms with E-state index in [1.54, 1.807) is 4.90 Å². The molecular weight excluding hydrogens is 310 g/mol. The molecule has 0 atom stereocenters. The summed E-state index contributed by atoms with van der Waals surface area (Å²) < 4.78 is 0. The molecule has 23 heavy (non-hydrogen) atoms. The Balaban J connectivity index is 4.41. The van der Waals surface area contributed by atoms with Crippen LogP contribution in [0.15, 0.2) is 0 Å². The number of hydrogen-bond acceptors (Lipinski definition) is 7. The van der Waals surface area contributed by atoms with Crippen molar-refractivity contribution in [1.82, 2.24) is 15.1 Å². The number of hydrogen-bond donors (Lipinski definition) is 4. The Kier molecular flexibility index (Phi) is 10.5. The highest BCUT2D eigenvalue weighted by atomic mass is 16.4. The fourth-order valence-electron chi connectivity index (χ4n) is 1.90. The molecule has 0 rings (SSSR count). The van der Waals surface area contributed by atoms with E-state index in [0.29, 0.717) is 6.54 Å². The number of ketones is 1. The van der Waals surface area contributed by atoms with Gasteiger partial charge in [0.2, 0.25) is 0 Å². The number of aliphatic carboxylic acids is 3. The molecule has 10 heteroatoms. The van der Waals surface area contributed by atoms with Crippen molar-refractivity contribution in [2.45, 2.75) is 6.92 Å². The quantitative estimate of drug-likeness (QED) is 0.264. The topological polar surface area (TPSA) is 147 Å². The molecule has 0 aromatic carbocycles. The molecule has 0 aromatic rings. The van der Waals surface area contributed by atoms with Gasteiger partial charge in [0, 0.05) is 26.2 Å². The van der Waals surface area contributed by atoms with E-state index in [2.05, 4.69) is 5.32 Å². The van der Waals surface area contributed by atoms with Crippen molar-refractivity contribution >= 4 is 23.7 Å². The summed E-state index contributed by atoms with van der Waals surface area (Å²) >= 11 is 0. The molecule has 0 spiro atoms. The second-order valence-corrected chi connectivity index (χ2v) is 5.05. The number of nitrogens with one attached hydrogen (secondary N) is 1. The Bertz CT molecular complexity index is 412. The van der Waals surface area contributed by atoms with Crippen molar-refractivity contribution in [3.63, 3.8) is 0 Å². The van der Waals surface area contributed by atoms with Crippen molar-refractivity contribution in [1.29, 1.82) is 0 Å². The van der Waals surface area contributed by atoms with Crippen LogP contribution < -0.4 is 5.32 Å². The number of carbonyl (C=O) groups excluding carboxylic acids is 1. The average Bonchev–Trinajstić information content (AvgIpc) is 2.38. The van der Waals surface area contributed by atoms with E-state index in [1.807, 2.05) is 0 Å². The van der Waals surface area contributed by atoms with Crippen molar-refractivity contribution in [2.24, 2.45) is 0 Å². The van der Waals surface area contributed by atoms with Crippen LogP contribution in [0.5, 0.6) is 0 Å². The third-order valence-corrected chi connectivity index (χ3v) is 2.78. The monoisotopic (exact) mass is 333 g/mol. The number of nitrogens with zero attached hydrogens (tertiary/aromatic N) is 2. The first-order chi connectivity index (χ1) is 10.7. The van der Waals surface area contributed by atoms with E-state index in [1.165, 1.54) is 11.8 Å². The van der Waals surface area contributed by atoms with Crippen LogP contribution in [0, 0.1) is 0 Å². The molecule has 0 aromatic heterocycles. The van der Waals surface area contributed by atoms with Gasteiger partial charge in [0.05, 0.1) is 26.2 Å². The van der Waals surface area contributed by atoms with E-state index in [0.717, 1.165) is 0 Å². The molecule has 10 nitrogen and oxygen atoms in total. The van der Waals surface area contributed by atoms with Gasteiger partial charge in [0.1, 0.15) is 5.78 Å². The fraction of sp³-hybridized carbons (Fsp3) is 0.692. The van der Waals surface area contributed by atoms with Gasteiger partial charge < -0.3 is 20.6 Å². The van der Waals surface area contributed by atoms with Gasteiger partial charge in [-0.2, -0.15) is 0 Å². The minimum Gasteiger partial charge on any atom is -0.480 e. The Hall–Kier alpha value is -2.04. The summed E-state index contributed by atoms with van der Waals surface area (Å²) in [5.41, 5.74) is 0. The molecule has 0 aliphatic rings. The maximum absolute atomic E-state index is 11.1. The first kappa shape index (κ1) is 21.0. The van der Waals surface area contributed by atoms with E-state index in [9.17, 15) is 19.2 Å². The minimum atomic E-state index is -1.07. The second kappa shape index (κ2) is 11.5. The Morgan fingerprint density at radius 1 is 0.783 bits per heavy atom. The summed E-state index contributed by atoms with van der Waals surface area (Å²) in [4.78, 5) is 46.1. The summed E-state index contributed by atoms with van der Waals surface area (Å²) in [5.74, 6) is -3.30. The summed E-state index contributed by atoms with van der Waals surface area (Å²) in [6, 6.07) is 0. The molecular formula is C13H23N3O7. The standard InChI is InChI=1S/C13H23N3O7/c1-10(17)7-16(9-13(22)23)5-4-15(8-12(20)21)3-2-14-6-11(18)19/h14H,2-9H2,1H3,(H,18,19)(H,20,21)(H,22,23). The van der Waals surface area contributed by atoms with Crippen molar-refractivity contribution in [3.8, 4) is 0 Å². The highest BCUT2D eigenvalue weighted by Crippen LogP contribution is 1.94. The predicted octanol–water partition coefficient (Wildman–Crippen LogP) is -1.98. The normalized spacial score (nSPS) is 10.9. The largest absolute Gasteiger partial charge is 0.480 e. The van der Waals surface area contributed by atoms with Gasteiger partial charge in [-0.05, 0) is 6.92 Å². The van der Waals surface area contributed by atoms with Crippen molar-refractivity contribution < 1.29 is 34.5 Å². The molecule has 0 heterocycles. The predicted molar refractivity (Wildman–Crippen MR) is 79.3 cm³/mol. The molecule has 0 aliphatic heterocycles. The van der Waals surface area contributed by atoms with E-state index >= 15 is 0 Å². The van der Waals surface area contributed by atoms with Crippen LogP contribution >= 0.6 is 0 Å². The van der Waals surface area contributed by atoms with Gasteiger partial charge in [0.25, 0.3) is 0 Å². The number of Topliss-reactive ketones (excluding diaryl/α,β-unsaturated/α-hetero) is 1. The van der Waals surface area contributed by atoms with Crippen molar-refractivity contribution in [2.75, 3.05) is 52.4 Å².